The van der Waals surface area contributed by atoms with E-state index in [0.29, 0.717) is 10.2 Å². The molecule has 0 spiro atoms. The van der Waals surface area contributed by atoms with E-state index in [-0.39, 0.29) is 28.7 Å². The van der Waals surface area contributed by atoms with Crippen molar-refractivity contribution in [3.8, 4) is 22.8 Å². The largest absolute Gasteiger partial charge is 0.493 e. The zero-order valence-electron chi connectivity index (χ0n) is 16.0. The molecule has 1 aromatic heterocycles. The first-order valence-electron chi connectivity index (χ1n) is 8.62. The third kappa shape index (κ3) is 5.02. The summed E-state index contributed by atoms with van der Waals surface area (Å²) in [5.74, 6) is -0.755. The van der Waals surface area contributed by atoms with Crippen molar-refractivity contribution in [1.82, 2.24) is 4.98 Å². The van der Waals surface area contributed by atoms with Gasteiger partial charge in [0, 0.05) is 21.0 Å². The molecule has 10 heteroatoms. The van der Waals surface area contributed by atoms with E-state index in [2.05, 4.69) is 10.3 Å². The number of aromatic nitrogens is 1. The van der Waals surface area contributed by atoms with E-state index in [9.17, 15) is 9.59 Å². The predicted molar refractivity (Wildman–Crippen MR) is 118 cm³/mol. The summed E-state index contributed by atoms with van der Waals surface area (Å²) >= 11 is 13.5. The molecular formula is C20H17Cl2N3O4S. The van der Waals surface area contributed by atoms with Gasteiger partial charge in [-0.1, -0.05) is 35.3 Å². The van der Waals surface area contributed by atoms with Crippen LogP contribution < -0.4 is 20.5 Å². The number of ether oxygens (including phenoxy) is 2. The lowest BCUT2D eigenvalue weighted by Crippen LogP contribution is -2.20. The number of aryl methyl sites for hydroxylation is 1. The van der Waals surface area contributed by atoms with Gasteiger partial charge in [-0.25, -0.2) is 4.98 Å². The second kappa shape index (κ2) is 9.34. The molecule has 0 aliphatic carbocycles. The maximum absolute atomic E-state index is 12.7. The fourth-order valence-electron chi connectivity index (χ4n) is 2.63. The van der Waals surface area contributed by atoms with Crippen molar-refractivity contribution in [3.63, 3.8) is 0 Å². The molecule has 3 rings (SSSR count). The standard InChI is InChI=1S/C20H17Cl2N3O4S/c1-10-17(11-3-5-13(21)6-4-11)24-20(30-10)25-19(27)12-7-14(22)18(15(8-12)28-2)29-9-16(23)26/h3-8H,9H2,1-2H3,(H2,23,26)(H,24,25,27). The summed E-state index contributed by atoms with van der Waals surface area (Å²) < 4.78 is 10.5. The Bertz CT molecular complexity index is 1100. The molecule has 0 unspecified atom stereocenters. The normalized spacial score (nSPS) is 10.5. The maximum Gasteiger partial charge on any atom is 0.257 e. The third-order valence-electron chi connectivity index (χ3n) is 3.99. The monoisotopic (exact) mass is 465 g/mol. The highest BCUT2D eigenvalue weighted by molar-refractivity contribution is 7.16. The minimum Gasteiger partial charge on any atom is -0.493 e. The van der Waals surface area contributed by atoms with Gasteiger partial charge in [-0.05, 0) is 31.2 Å². The van der Waals surface area contributed by atoms with E-state index in [4.69, 9.17) is 38.4 Å². The number of thiazole rings is 1. The van der Waals surface area contributed by atoms with Crippen LogP contribution in [0, 0.1) is 6.92 Å². The number of rotatable bonds is 7. The number of hydrogen-bond donors (Lipinski definition) is 2. The molecule has 0 atom stereocenters. The first-order valence-corrected chi connectivity index (χ1v) is 10.2. The average Bonchev–Trinajstić information content (AvgIpc) is 3.06. The number of anilines is 1. The lowest BCUT2D eigenvalue weighted by molar-refractivity contribution is -0.119. The van der Waals surface area contributed by atoms with Gasteiger partial charge in [0.05, 0.1) is 17.8 Å². The SMILES string of the molecule is COc1cc(C(=O)Nc2nc(-c3ccc(Cl)cc3)c(C)s2)cc(Cl)c1OCC(N)=O. The molecule has 30 heavy (non-hydrogen) atoms. The predicted octanol–water partition coefficient (Wildman–Crippen LogP) is 4.55. The van der Waals surface area contributed by atoms with Crippen LogP contribution in [-0.4, -0.2) is 30.5 Å². The molecule has 1 heterocycles. The number of halogens is 2. The minimum atomic E-state index is -0.662. The lowest BCUT2D eigenvalue weighted by Gasteiger charge is -2.13. The van der Waals surface area contributed by atoms with Gasteiger partial charge in [0.1, 0.15) is 0 Å². The second-order valence-electron chi connectivity index (χ2n) is 6.13. The number of nitrogens with zero attached hydrogens (tertiary/aromatic N) is 1. The van der Waals surface area contributed by atoms with Crippen molar-refractivity contribution < 1.29 is 19.1 Å². The van der Waals surface area contributed by atoms with E-state index in [1.54, 1.807) is 12.1 Å². The van der Waals surface area contributed by atoms with Crippen LogP contribution >= 0.6 is 34.5 Å². The van der Waals surface area contributed by atoms with Gasteiger partial charge < -0.3 is 15.2 Å². The average molecular weight is 466 g/mol. The number of nitrogens with two attached hydrogens (primary N) is 1. The molecule has 0 aliphatic heterocycles. The molecule has 0 saturated carbocycles. The summed E-state index contributed by atoms with van der Waals surface area (Å²) in [6, 6.07) is 10.2. The van der Waals surface area contributed by atoms with Crippen LogP contribution in [-0.2, 0) is 4.79 Å². The van der Waals surface area contributed by atoms with Crippen molar-refractivity contribution in [2.24, 2.45) is 5.73 Å². The fourth-order valence-corrected chi connectivity index (χ4v) is 3.85. The number of methoxy groups -OCH3 is 1. The van der Waals surface area contributed by atoms with Gasteiger partial charge >= 0.3 is 0 Å². The van der Waals surface area contributed by atoms with Crippen molar-refractivity contribution in [3.05, 3.63) is 56.9 Å². The van der Waals surface area contributed by atoms with Crippen LogP contribution in [0.3, 0.4) is 0 Å². The summed E-state index contributed by atoms with van der Waals surface area (Å²) in [5, 5.41) is 3.94. The van der Waals surface area contributed by atoms with Crippen LogP contribution in [0.2, 0.25) is 10.0 Å². The third-order valence-corrected chi connectivity index (χ3v) is 5.40. The fraction of sp³-hybridized carbons (Fsp3) is 0.150. The smallest absolute Gasteiger partial charge is 0.257 e. The number of benzene rings is 2. The first-order chi connectivity index (χ1) is 14.3. The zero-order valence-corrected chi connectivity index (χ0v) is 18.3. The molecule has 3 aromatic rings. The van der Waals surface area contributed by atoms with E-state index in [0.717, 1.165) is 16.1 Å². The molecule has 0 saturated heterocycles. The Morgan fingerprint density at radius 1 is 1.20 bits per heavy atom. The van der Waals surface area contributed by atoms with Crippen molar-refractivity contribution >= 4 is 51.5 Å². The molecule has 2 aromatic carbocycles. The summed E-state index contributed by atoms with van der Waals surface area (Å²) in [6.45, 7) is 1.55. The van der Waals surface area contributed by atoms with E-state index in [1.807, 2.05) is 19.1 Å². The molecule has 156 valence electrons. The van der Waals surface area contributed by atoms with Crippen LogP contribution in [0.15, 0.2) is 36.4 Å². The first kappa shape index (κ1) is 21.9. The molecule has 0 radical (unpaired) electrons. The number of carbonyl (C=O) groups excluding carboxylic acids is 2. The zero-order chi connectivity index (χ0) is 21.8. The van der Waals surface area contributed by atoms with Crippen molar-refractivity contribution in [2.75, 3.05) is 19.0 Å². The highest BCUT2D eigenvalue weighted by Crippen LogP contribution is 2.37. The minimum absolute atomic E-state index is 0.109. The number of primary amides is 1. The van der Waals surface area contributed by atoms with Crippen LogP contribution in [0.25, 0.3) is 11.3 Å². The molecule has 0 bridgehead atoms. The van der Waals surface area contributed by atoms with Gasteiger partial charge in [-0.15, -0.1) is 11.3 Å². The second-order valence-corrected chi connectivity index (χ2v) is 8.18. The number of amides is 2. The lowest BCUT2D eigenvalue weighted by atomic mass is 10.1. The van der Waals surface area contributed by atoms with Crippen LogP contribution in [0.1, 0.15) is 15.2 Å². The van der Waals surface area contributed by atoms with Gasteiger partial charge in [0.15, 0.2) is 23.2 Å². The summed E-state index contributed by atoms with van der Waals surface area (Å²) in [6.07, 6.45) is 0. The van der Waals surface area contributed by atoms with Gasteiger partial charge in [-0.3, -0.25) is 14.9 Å². The molecule has 0 fully saturated rings. The Balaban J connectivity index is 1.82. The number of hydrogen-bond acceptors (Lipinski definition) is 6. The quantitative estimate of drug-likeness (QED) is 0.532. The van der Waals surface area contributed by atoms with Crippen LogP contribution in [0.4, 0.5) is 5.13 Å². The van der Waals surface area contributed by atoms with E-state index < -0.39 is 11.8 Å². The van der Waals surface area contributed by atoms with Crippen molar-refractivity contribution in [2.45, 2.75) is 6.92 Å². The Kier molecular flexibility index (Phi) is 6.81. The van der Waals surface area contributed by atoms with Gasteiger partial charge in [0.25, 0.3) is 11.8 Å². The van der Waals surface area contributed by atoms with Gasteiger partial charge in [0.2, 0.25) is 0 Å². The number of nitrogens with one attached hydrogen (secondary N) is 1. The van der Waals surface area contributed by atoms with Crippen molar-refractivity contribution in [1.29, 1.82) is 0 Å². The van der Waals surface area contributed by atoms with Crippen LogP contribution in [0.5, 0.6) is 11.5 Å². The summed E-state index contributed by atoms with van der Waals surface area (Å²) in [4.78, 5) is 29.1. The van der Waals surface area contributed by atoms with E-state index >= 15 is 0 Å². The topological polar surface area (TPSA) is 104 Å². The molecule has 7 nitrogen and oxygen atoms in total. The Morgan fingerprint density at radius 3 is 2.53 bits per heavy atom. The number of carbonyl (C=O) groups is 2. The maximum atomic E-state index is 12.7. The Labute approximate surface area is 186 Å². The molecule has 2 amide bonds. The van der Waals surface area contributed by atoms with E-state index in [1.165, 1.54) is 30.6 Å². The Hall–Kier alpha value is -2.81. The Morgan fingerprint density at radius 2 is 1.90 bits per heavy atom. The summed E-state index contributed by atoms with van der Waals surface area (Å²) in [5.41, 5.74) is 6.98. The molecule has 0 aliphatic rings. The molecular weight excluding hydrogens is 449 g/mol. The highest BCUT2D eigenvalue weighted by atomic mass is 35.5. The molecule has 3 N–H and O–H groups in total. The van der Waals surface area contributed by atoms with Gasteiger partial charge in [-0.2, -0.15) is 0 Å². The highest BCUT2D eigenvalue weighted by Gasteiger charge is 2.18. The summed E-state index contributed by atoms with van der Waals surface area (Å²) in [7, 11) is 1.40.